The predicted octanol–water partition coefficient (Wildman–Crippen LogP) is 1.11. The Bertz CT molecular complexity index is 399. The summed E-state index contributed by atoms with van der Waals surface area (Å²) in [6.45, 7) is 2.74. The van der Waals surface area contributed by atoms with Crippen molar-refractivity contribution < 1.29 is 4.79 Å². The number of carbonyl (C=O) groups is 1. The number of amides is 1. The summed E-state index contributed by atoms with van der Waals surface area (Å²) in [5.41, 5.74) is 6.16. The van der Waals surface area contributed by atoms with Crippen molar-refractivity contribution in [3.8, 4) is 0 Å². The quantitative estimate of drug-likeness (QED) is 0.839. The van der Waals surface area contributed by atoms with Gasteiger partial charge in [0, 0.05) is 6.54 Å². The number of carbonyl (C=O) groups excluding carboxylic acids is 1. The minimum atomic E-state index is -0.243. The molecule has 1 aromatic rings. The van der Waals surface area contributed by atoms with Crippen LogP contribution in [0.25, 0.3) is 0 Å². The Morgan fingerprint density at radius 2 is 2.22 bits per heavy atom. The molecule has 18 heavy (non-hydrogen) atoms. The zero-order valence-corrected chi connectivity index (χ0v) is 10.7. The number of hydrogen-bond donors (Lipinski definition) is 2. The molecule has 1 aromatic heterocycles. The second kappa shape index (κ2) is 5.44. The average molecular weight is 248 g/mol. The summed E-state index contributed by atoms with van der Waals surface area (Å²) in [4.78, 5) is 12.1. The molecule has 3 N–H and O–H groups in total. The smallest absolute Gasteiger partial charge is 0.253 e. The highest BCUT2D eigenvalue weighted by atomic mass is 16.1. The van der Waals surface area contributed by atoms with E-state index in [1.54, 1.807) is 6.07 Å². The van der Waals surface area contributed by atoms with Crippen molar-refractivity contribution >= 4 is 5.91 Å². The number of nitrogens with zero attached hydrogens (tertiary/aromatic N) is 2. The van der Waals surface area contributed by atoms with E-state index in [1.807, 2.05) is 0 Å². The molecule has 0 saturated heterocycles. The van der Waals surface area contributed by atoms with Gasteiger partial charge in [0.2, 0.25) is 0 Å². The van der Waals surface area contributed by atoms with Crippen LogP contribution in [-0.4, -0.2) is 28.2 Å². The van der Waals surface area contributed by atoms with Gasteiger partial charge in [-0.3, -0.25) is 4.79 Å². The van der Waals surface area contributed by atoms with E-state index in [0.717, 1.165) is 31.6 Å². The van der Waals surface area contributed by atoms with Crippen LogP contribution in [0.5, 0.6) is 0 Å². The Kier molecular flexibility index (Phi) is 3.91. The lowest BCUT2D eigenvalue weighted by atomic mass is 9.77. The normalized spacial score (nSPS) is 27.8. The Morgan fingerprint density at radius 1 is 1.50 bits per heavy atom. The molecule has 1 heterocycles. The second-order valence-electron chi connectivity index (χ2n) is 5.25. The number of nitrogens with two attached hydrogens (primary N) is 1. The van der Waals surface area contributed by atoms with Crippen molar-refractivity contribution in [1.82, 2.24) is 15.5 Å². The van der Waals surface area contributed by atoms with E-state index in [1.165, 1.54) is 12.4 Å². The summed E-state index contributed by atoms with van der Waals surface area (Å²) in [5, 5.41) is 10.5. The van der Waals surface area contributed by atoms with Crippen molar-refractivity contribution in [1.29, 1.82) is 0 Å². The van der Waals surface area contributed by atoms with E-state index in [0.29, 0.717) is 12.1 Å². The van der Waals surface area contributed by atoms with Gasteiger partial charge in [0.25, 0.3) is 5.91 Å². The monoisotopic (exact) mass is 248 g/mol. The van der Waals surface area contributed by atoms with Crippen LogP contribution >= 0.6 is 0 Å². The van der Waals surface area contributed by atoms with Crippen LogP contribution in [-0.2, 0) is 0 Å². The van der Waals surface area contributed by atoms with Gasteiger partial charge in [-0.2, -0.15) is 10.2 Å². The lowest BCUT2D eigenvalue weighted by Crippen LogP contribution is -2.55. The van der Waals surface area contributed by atoms with Crippen molar-refractivity contribution in [3.63, 3.8) is 0 Å². The van der Waals surface area contributed by atoms with Gasteiger partial charge in [-0.05, 0) is 37.7 Å². The zero-order valence-electron chi connectivity index (χ0n) is 10.7. The molecule has 1 amide bonds. The zero-order chi connectivity index (χ0) is 13.0. The van der Waals surface area contributed by atoms with E-state index in [4.69, 9.17) is 5.73 Å². The maximum atomic E-state index is 12.1. The van der Waals surface area contributed by atoms with Crippen molar-refractivity contribution in [2.75, 3.05) is 6.54 Å². The first-order valence-corrected chi connectivity index (χ1v) is 6.44. The van der Waals surface area contributed by atoms with Crippen molar-refractivity contribution in [2.45, 2.75) is 38.1 Å². The number of aromatic nitrogens is 2. The van der Waals surface area contributed by atoms with Crippen LogP contribution in [0.1, 0.15) is 43.0 Å². The highest BCUT2D eigenvalue weighted by Gasteiger charge is 2.34. The van der Waals surface area contributed by atoms with Gasteiger partial charge in [0.05, 0.1) is 23.5 Å². The molecular formula is C13H20N4O. The van der Waals surface area contributed by atoms with Crippen molar-refractivity contribution in [2.24, 2.45) is 11.7 Å². The lowest BCUT2D eigenvalue weighted by Gasteiger charge is -2.39. The summed E-state index contributed by atoms with van der Waals surface area (Å²) in [7, 11) is 0. The molecule has 1 fully saturated rings. The minimum absolute atomic E-state index is 0.107. The molecule has 5 nitrogen and oxygen atoms in total. The maximum Gasteiger partial charge on any atom is 0.253 e. The molecule has 0 bridgehead atoms. The first-order valence-electron chi connectivity index (χ1n) is 6.44. The summed E-state index contributed by atoms with van der Waals surface area (Å²) >= 11 is 0. The molecule has 0 atom stereocenters. The molecule has 0 radical (unpaired) electrons. The topological polar surface area (TPSA) is 80.9 Å². The van der Waals surface area contributed by atoms with Crippen LogP contribution < -0.4 is 11.1 Å². The summed E-state index contributed by atoms with van der Waals surface area (Å²) in [6.07, 6.45) is 7.14. The van der Waals surface area contributed by atoms with Gasteiger partial charge in [0.1, 0.15) is 0 Å². The summed E-state index contributed by atoms with van der Waals surface area (Å²) in [5.74, 6) is 0.620. The fraction of sp³-hybridized carbons (Fsp3) is 0.615. The minimum Gasteiger partial charge on any atom is -0.345 e. The van der Waals surface area contributed by atoms with Gasteiger partial charge in [-0.15, -0.1) is 0 Å². The van der Waals surface area contributed by atoms with E-state index in [9.17, 15) is 4.79 Å². The first kappa shape index (κ1) is 13.0. The summed E-state index contributed by atoms with van der Waals surface area (Å²) in [6, 6.07) is 1.66. The van der Waals surface area contributed by atoms with Crippen LogP contribution in [0.15, 0.2) is 18.5 Å². The fourth-order valence-electron chi connectivity index (χ4n) is 2.43. The Morgan fingerprint density at radius 3 is 2.78 bits per heavy atom. The van der Waals surface area contributed by atoms with Crippen LogP contribution in [0.4, 0.5) is 0 Å². The number of hydrogen-bond acceptors (Lipinski definition) is 4. The molecule has 1 aliphatic rings. The maximum absolute atomic E-state index is 12.1. The Hall–Kier alpha value is -1.49. The Labute approximate surface area is 107 Å². The van der Waals surface area contributed by atoms with Gasteiger partial charge >= 0.3 is 0 Å². The van der Waals surface area contributed by atoms with Gasteiger partial charge < -0.3 is 11.1 Å². The molecule has 0 aliphatic heterocycles. The summed E-state index contributed by atoms with van der Waals surface area (Å²) < 4.78 is 0. The molecule has 5 heteroatoms. The third-order valence-corrected chi connectivity index (χ3v) is 3.85. The number of nitrogens with one attached hydrogen (secondary N) is 1. The number of rotatable bonds is 3. The molecule has 1 aliphatic carbocycles. The third-order valence-electron chi connectivity index (χ3n) is 3.85. The van der Waals surface area contributed by atoms with Gasteiger partial charge in [0.15, 0.2) is 0 Å². The van der Waals surface area contributed by atoms with E-state index >= 15 is 0 Å². The lowest BCUT2D eigenvalue weighted by molar-refractivity contribution is 0.0859. The van der Waals surface area contributed by atoms with Gasteiger partial charge in [-0.25, -0.2) is 0 Å². The molecule has 98 valence electrons. The van der Waals surface area contributed by atoms with Gasteiger partial charge in [-0.1, -0.05) is 6.92 Å². The molecule has 2 rings (SSSR count). The standard InChI is InChI=1S/C13H20N4O/c1-10-2-5-13(9-14,6-3-10)17-12(18)11-4-7-15-16-8-11/h4,7-8,10H,2-3,5-6,9,14H2,1H3,(H,17,18). The molecule has 1 saturated carbocycles. The van der Waals surface area contributed by atoms with Crippen LogP contribution in [0, 0.1) is 5.92 Å². The van der Waals surface area contributed by atoms with Crippen LogP contribution in [0.2, 0.25) is 0 Å². The molecular weight excluding hydrogens is 228 g/mol. The van der Waals surface area contributed by atoms with Crippen molar-refractivity contribution in [3.05, 3.63) is 24.0 Å². The average Bonchev–Trinajstić information content (AvgIpc) is 2.43. The first-order chi connectivity index (χ1) is 8.65. The molecule has 0 aromatic carbocycles. The molecule has 0 spiro atoms. The Balaban J connectivity index is 2.05. The third kappa shape index (κ3) is 2.85. The predicted molar refractivity (Wildman–Crippen MR) is 68.9 cm³/mol. The highest BCUT2D eigenvalue weighted by molar-refractivity contribution is 5.94. The van der Waals surface area contributed by atoms with Crippen LogP contribution in [0.3, 0.4) is 0 Å². The molecule has 0 unspecified atom stereocenters. The SMILES string of the molecule is CC1CCC(CN)(NC(=O)c2ccnnc2)CC1. The van der Waals surface area contributed by atoms with E-state index in [-0.39, 0.29) is 11.4 Å². The van der Waals surface area contributed by atoms with E-state index < -0.39 is 0 Å². The highest BCUT2D eigenvalue weighted by Crippen LogP contribution is 2.31. The largest absolute Gasteiger partial charge is 0.345 e. The fourth-order valence-corrected chi connectivity index (χ4v) is 2.43. The second-order valence-corrected chi connectivity index (χ2v) is 5.25. The van der Waals surface area contributed by atoms with E-state index in [2.05, 4.69) is 22.4 Å².